The van der Waals surface area contributed by atoms with E-state index in [0.29, 0.717) is 0 Å². The van der Waals surface area contributed by atoms with Gasteiger partial charge in [0, 0.05) is 16.8 Å². The van der Waals surface area contributed by atoms with Gasteiger partial charge in [0.05, 0.1) is 10.9 Å². The summed E-state index contributed by atoms with van der Waals surface area (Å²) in [5.41, 5.74) is 11.2. The number of aryl methyl sites for hydroxylation is 3. The number of hydrogen-bond donors (Lipinski definition) is 0. The van der Waals surface area contributed by atoms with Gasteiger partial charge in [0.2, 0.25) is 5.69 Å². The summed E-state index contributed by atoms with van der Waals surface area (Å²) in [5.74, 6) is 0. The number of pyridine rings is 1. The lowest BCUT2D eigenvalue weighted by molar-refractivity contribution is -0.659. The molecule has 7 rings (SSSR count). The molecular weight excluding hydrogens is 454 g/mol. The first-order valence-corrected chi connectivity index (χ1v) is 15.8. The average Bonchev–Trinajstić information content (AvgIpc) is 3.33. The molecule has 0 N–H and O–H groups in total. The molecule has 0 saturated carbocycles. The van der Waals surface area contributed by atoms with Crippen LogP contribution in [0.3, 0.4) is 0 Å². The molecule has 0 radical (unpaired) electrons. The van der Waals surface area contributed by atoms with Crippen molar-refractivity contribution in [2.45, 2.75) is 33.9 Å². The van der Waals surface area contributed by atoms with Crippen molar-refractivity contribution in [1.82, 2.24) is 0 Å². The Morgan fingerprint density at radius 3 is 2.31 bits per heavy atom. The molecule has 0 bridgehead atoms. The van der Waals surface area contributed by atoms with E-state index in [1.807, 2.05) is 0 Å². The second-order valence-corrected chi connectivity index (χ2v) is 15.3. The Morgan fingerprint density at radius 1 is 0.694 bits per heavy atom. The quantitative estimate of drug-likeness (QED) is 0.182. The fourth-order valence-corrected chi connectivity index (χ4v) is 10.9. The average molecular weight is 485 g/mol. The van der Waals surface area contributed by atoms with Crippen LogP contribution in [0.2, 0.25) is 13.1 Å². The van der Waals surface area contributed by atoms with Crippen LogP contribution in [-0.2, 0) is 7.05 Å². The van der Waals surface area contributed by atoms with E-state index in [1.165, 1.54) is 60.6 Å². The van der Waals surface area contributed by atoms with E-state index < -0.39 is 8.07 Å². The fraction of sp³-hybridized carbons (Fsp3) is 0.182. The normalized spacial score (nSPS) is 14.1. The van der Waals surface area contributed by atoms with Crippen molar-refractivity contribution in [1.29, 1.82) is 0 Å². The van der Waals surface area contributed by atoms with Crippen molar-refractivity contribution in [3.8, 4) is 22.4 Å². The molecule has 3 heteroatoms. The van der Waals surface area contributed by atoms with Crippen molar-refractivity contribution >= 4 is 51.2 Å². The van der Waals surface area contributed by atoms with E-state index in [-0.39, 0.29) is 0 Å². The molecule has 0 amide bonds. The highest BCUT2D eigenvalue weighted by atomic mass is 28.3. The molecule has 1 aliphatic rings. The number of furan rings is 1. The standard InChI is InChI=1S/C33H30NOSi/c1-19-10-9-12-24-25-15-14-23-26(33(25)36(5,6)32(19)24)16-17-34(4)30(23)29-21(3)20(2)18-27-22-11-7-8-13-28(22)35-31(27)29/h7-18H,1-6H3/q+1. The number of aromatic nitrogens is 1. The predicted octanol–water partition coefficient (Wildman–Crippen LogP) is 6.96. The summed E-state index contributed by atoms with van der Waals surface area (Å²) in [7, 11) is 0.297. The summed E-state index contributed by atoms with van der Waals surface area (Å²) in [4.78, 5) is 0. The van der Waals surface area contributed by atoms with Gasteiger partial charge in [-0.3, -0.25) is 0 Å². The lowest BCUT2D eigenvalue weighted by atomic mass is 9.92. The number of fused-ring (bicyclic) bond motifs is 8. The maximum Gasteiger partial charge on any atom is 0.224 e. The van der Waals surface area contributed by atoms with Gasteiger partial charge in [-0.1, -0.05) is 61.1 Å². The zero-order valence-electron chi connectivity index (χ0n) is 21.8. The van der Waals surface area contributed by atoms with E-state index in [4.69, 9.17) is 4.42 Å². The van der Waals surface area contributed by atoms with E-state index in [0.717, 1.165) is 11.2 Å². The van der Waals surface area contributed by atoms with Crippen molar-refractivity contribution < 1.29 is 8.98 Å². The zero-order valence-corrected chi connectivity index (χ0v) is 22.8. The summed E-state index contributed by atoms with van der Waals surface area (Å²) in [6, 6.07) is 24.6. The Balaban J connectivity index is 1.63. The lowest BCUT2D eigenvalue weighted by Gasteiger charge is -2.22. The van der Waals surface area contributed by atoms with Gasteiger partial charge in [-0.25, -0.2) is 4.57 Å². The van der Waals surface area contributed by atoms with Gasteiger partial charge in [0.15, 0.2) is 6.20 Å². The van der Waals surface area contributed by atoms with Gasteiger partial charge in [0.1, 0.15) is 26.3 Å². The van der Waals surface area contributed by atoms with Crippen LogP contribution < -0.4 is 14.9 Å². The van der Waals surface area contributed by atoms with Crippen LogP contribution in [-0.4, -0.2) is 8.07 Å². The summed E-state index contributed by atoms with van der Waals surface area (Å²) >= 11 is 0. The smallest absolute Gasteiger partial charge is 0.224 e. The SMILES string of the molecule is Cc1cc2c(oc3ccccc32)c(-c2c3ccc4c(c3cc[n+]2C)[Si](C)(C)c2c(C)cccc2-4)c1C. The number of hydrogen-bond acceptors (Lipinski definition) is 1. The highest BCUT2D eigenvalue weighted by molar-refractivity contribution is 7.05. The van der Waals surface area contributed by atoms with Gasteiger partial charge in [-0.2, -0.15) is 0 Å². The molecule has 0 fully saturated rings. The van der Waals surface area contributed by atoms with E-state index in [9.17, 15) is 0 Å². The Morgan fingerprint density at radius 2 is 1.47 bits per heavy atom. The molecule has 3 heterocycles. The minimum Gasteiger partial charge on any atom is -0.455 e. The van der Waals surface area contributed by atoms with Crippen LogP contribution >= 0.6 is 0 Å². The van der Waals surface area contributed by atoms with Crippen LogP contribution in [0.4, 0.5) is 0 Å². The molecule has 2 nitrogen and oxygen atoms in total. The second kappa shape index (κ2) is 7.17. The molecule has 0 spiro atoms. The highest BCUT2D eigenvalue weighted by Gasteiger charge is 2.40. The molecule has 2 aromatic heterocycles. The lowest BCUT2D eigenvalue weighted by Crippen LogP contribution is -2.50. The molecule has 0 unspecified atom stereocenters. The van der Waals surface area contributed by atoms with E-state index in [2.05, 4.69) is 118 Å². The third-order valence-electron chi connectivity index (χ3n) is 8.56. The Bertz CT molecular complexity index is 1910. The Labute approximate surface area is 212 Å². The number of benzene rings is 4. The number of nitrogens with zero attached hydrogens (tertiary/aromatic N) is 1. The summed E-state index contributed by atoms with van der Waals surface area (Å²) < 4.78 is 8.86. The highest BCUT2D eigenvalue weighted by Crippen LogP contribution is 2.41. The summed E-state index contributed by atoms with van der Waals surface area (Å²) in [6.07, 6.45) is 2.24. The topological polar surface area (TPSA) is 17.0 Å². The first kappa shape index (κ1) is 21.6. The molecule has 0 aliphatic carbocycles. The Kier molecular flexibility index (Phi) is 4.30. The van der Waals surface area contributed by atoms with Crippen LogP contribution in [0.15, 0.2) is 77.3 Å². The van der Waals surface area contributed by atoms with Crippen LogP contribution in [0.5, 0.6) is 0 Å². The minimum atomic E-state index is -1.87. The first-order valence-electron chi connectivity index (χ1n) is 12.8. The molecular formula is C33H30NOSi+. The van der Waals surface area contributed by atoms with Gasteiger partial charge >= 0.3 is 0 Å². The number of rotatable bonds is 1. The minimum absolute atomic E-state index is 0.946. The van der Waals surface area contributed by atoms with Gasteiger partial charge in [-0.15, -0.1) is 0 Å². The molecule has 0 saturated heterocycles. The Hall–Kier alpha value is -3.69. The van der Waals surface area contributed by atoms with Crippen molar-refractivity contribution in [2.75, 3.05) is 0 Å². The maximum absolute atomic E-state index is 6.57. The van der Waals surface area contributed by atoms with Crippen LogP contribution in [0.25, 0.3) is 55.1 Å². The molecule has 6 aromatic rings. The maximum atomic E-state index is 6.57. The number of para-hydroxylation sites is 1. The molecule has 4 aromatic carbocycles. The third kappa shape index (κ3) is 2.64. The molecule has 36 heavy (non-hydrogen) atoms. The first-order chi connectivity index (χ1) is 17.3. The fourth-order valence-electron chi connectivity index (χ4n) is 6.88. The summed E-state index contributed by atoms with van der Waals surface area (Å²) in [5, 5.41) is 8.23. The van der Waals surface area contributed by atoms with Crippen LogP contribution in [0, 0.1) is 20.8 Å². The molecule has 1 aliphatic heterocycles. The largest absolute Gasteiger partial charge is 0.455 e. The monoisotopic (exact) mass is 484 g/mol. The third-order valence-corrected chi connectivity index (χ3v) is 12.3. The zero-order chi connectivity index (χ0) is 24.9. The van der Waals surface area contributed by atoms with E-state index >= 15 is 0 Å². The van der Waals surface area contributed by atoms with Crippen molar-refractivity contribution in [3.63, 3.8) is 0 Å². The second-order valence-electron chi connectivity index (χ2n) is 11.0. The van der Waals surface area contributed by atoms with Gasteiger partial charge < -0.3 is 4.42 Å². The summed E-state index contributed by atoms with van der Waals surface area (Å²) in [6.45, 7) is 11.8. The van der Waals surface area contributed by atoms with Gasteiger partial charge in [-0.05, 0) is 77.0 Å². The van der Waals surface area contributed by atoms with Crippen molar-refractivity contribution in [2.24, 2.45) is 7.05 Å². The van der Waals surface area contributed by atoms with E-state index in [1.54, 1.807) is 10.4 Å². The van der Waals surface area contributed by atoms with Crippen molar-refractivity contribution in [3.05, 3.63) is 89.6 Å². The predicted molar refractivity (Wildman–Crippen MR) is 154 cm³/mol. The molecule has 0 atom stereocenters. The van der Waals surface area contributed by atoms with Gasteiger partial charge in [0.25, 0.3) is 0 Å². The van der Waals surface area contributed by atoms with Crippen LogP contribution in [0.1, 0.15) is 16.7 Å². The molecule has 176 valence electrons.